The summed E-state index contributed by atoms with van der Waals surface area (Å²) in [5.74, 6) is -0.137. The summed E-state index contributed by atoms with van der Waals surface area (Å²) in [6.07, 6.45) is 1.42. The number of methoxy groups -OCH3 is 1. The molecule has 120 valence electrons. The van der Waals surface area contributed by atoms with Gasteiger partial charge in [0.15, 0.2) is 0 Å². The van der Waals surface area contributed by atoms with Crippen molar-refractivity contribution in [2.75, 3.05) is 39.2 Å². The maximum atomic E-state index is 12.0. The van der Waals surface area contributed by atoms with E-state index in [0.717, 1.165) is 6.42 Å². The normalized spacial score (nSPS) is 11.7. The lowest BCUT2D eigenvalue weighted by Gasteiger charge is -2.08. The van der Waals surface area contributed by atoms with Crippen LogP contribution in [-0.4, -0.2) is 47.0 Å². The lowest BCUT2D eigenvalue weighted by molar-refractivity contribution is 0.0689. The number of phenols is 1. The van der Waals surface area contributed by atoms with Crippen molar-refractivity contribution in [2.24, 2.45) is 0 Å². The van der Waals surface area contributed by atoms with E-state index >= 15 is 0 Å². The minimum absolute atomic E-state index is 0.0319. The summed E-state index contributed by atoms with van der Waals surface area (Å²) in [7, 11) is -2.00. The third-order valence-corrected chi connectivity index (χ3v) is 4.21. The topological polar surface area (TPSA) is 111 Å². The first kappa shape index (κ1) is 17.7. The maximum absolute atomic E-state index is 12.0. The van der Waals surface area contributed by atoms with E-state index in [4.69, 9.17) is 15.2 Å². The Kier molecular flexibility index (Phi) is 7.44. The van der Waals surface area contributed by atoms with Crippen molar-refractivity contribution in [3.63, 3.8) is 0 Å². The van der Waals surface area contributed by atoms with Gasteiger partial charge in [0, 0.05) is 20.3 Å². The van der Waals surface area contributed by atoms with Gasteiger partial charge in [-0.05, 0) is 31.0 Å². The number of anilines is 1. The van der Waals surface area contributed by atoms with Crippen LogP contribution in [0.1, 0.15) is 12.8 Å². The molecule has 0 amide bonds. The first-order valence-corrected chi connectivity index (χ1v) is 8.10. The highest BCUT2D eigenvalue weighted by molar-refractivity contribution is 7.89. The van der Waals surface area contributed by atoms with Crippen molar-refractivity contribution >= 4 is 15.7 Å². The fourth-order valence-electron chi connectivity index (χ4n) is 1.56. The third-order valence-electron chi connectivity index (χ3n) is 2.75. The number of unbranched alkanes of at least 4 members (excludes halogenated alkanes) is 1. The lowest BCUT2D eigenvalue weighted by Crippen LogP contribution is -2.25. The molecule has 0 fully saturated rings. The molecule has 0 unspecified atom stereocenters. The highest BCUT2D eigenvalue weighted by Gasteiger charge is 2.14. The zero-order valence-corrected chi connectivity index (χ0v) is 12.9. The van der Waals surface area contributed by atoms with E-state index in [9.17, 15) is 13.5 Å². The number of hydrogen-bond acceptors (Lipinski definition) is 6. The van der Waals surface area contributed by atoms with Gasteiger partial charge < -0.3 is 20.3 Å². The third kappa shape index (κ3) is 6.30. The van der Waals surface area contributed by atoms with Gasteiger partial charge in [-0.3, -0.25) is 0 Å². The van der Waals surface area contributed by atoms with Gasteiger partial charge in [-0.2, -0.15) is 0 Å². The van der Waals surface area contributed by atoms with Crippen LogP contribution >= 0.6 is 0 Å². The van der Waals surface area contributed by atoms with E-state index in [-0.39, 0.29) is 16.3 Å². The van der Waals surface area contributed by atoms with Crippen molar-refractivity contribution in [3.8, 4) is 5.75 Å². The molecule has 1 rings (SSSR count). The highest BCUT2D eigenvalue weighted by Crippen LogP contribution is 2.22. The molecule has 21 heavy (non-hydrogen) atoms. The number of rotatable bonds is 10. The zero-order valence-electron chi connectivity index (χ0n) is 12.0. The maximum Gasteiger partial charge on any atom is 0.240 e. The Morgan fingerprint density at radius 2 is 2.00 bits per heavy atom. The predicted molar refractivity (Wildman–Crippen MR) is 79.6 cm³/mol. The molecular weight excluding hydrogens is 296 g/mol. The molecule has 1 aromatic carbocycles. The first-order chi connectivity index (χ1) is 9.97. The second-order valence-corrected chi connectivity index (χ2v) is 6.20. The van der Waals surface area contributed by atoms with E-state index < -0.39 is 10.0 Å². The summed E-state index contributed by atoms with van der Waals surface area (Å²) >= 11 is 0. The number of nitrogens with one attached hydrogen (secondary N) is 1. The van der Waals surface area contributed by atoms with Gasteiger partial charge in [0.25, 0.3) is 0 Å². The second-order valence-electron chi connectivity index (χ2n) is 4.43. The highest BCUT2D eigenvalue weighted by atomic mass is 32.2. The SMILES string of the molecule is COCCOCCCCNS(=O)(=O)c1ccc(O)c(N)c1. The summed E-state index contributed by atoms with van der Waals surface area (Å²) in [6.45, 7) is 1.97. The summed E-state index contributed by atoms with van der Waals surface area (Å²) in [5, 5.41) is 9.28. The second kappa shape index (κ2) is 8.83. The molecule has 0 saturated heterocycles. The van der Waals surface area contributed by atoms with Crippen LogP contribution < -0.4 is 10.5 Å². The van der Waals surface area contributed by atoms with Gasteiger partial charge in [-0.25, -0.2) is 13.1 Å². The number of nitrogens with two attached hydrogens (primary N) is 1. The molecule has 8 heteroatoms. The number of hydrogen-bond donors (Lipinski definition) is 3. The molecule has 0 aliphatic rings. The van der Waals surface area contributed by atoms with Crippen molar-refractivity contribution in [3.05, 3.63) is 18.2 Å². The van der Waals surface area contributed by atoms with Crippen LogP contribution in [0.3, 0.4) is 0 Å². The Bertz CT molecular complexity index is 533. The summed E-state index contributed by atoms with van der Waals surface area (Å²) in [5.41, 5.74) is 5.51. The molecule has 0 atom stereocenters. The Balaban J connectivity index is 2.31. The molecule has 0 spiro atoms. The molecule has 0 aromatic heterocycles. The average Bonchev–Trinajstić information content (AvgIpc) is 2.44. The number of ether oxygens (including phenoxy) is 2. The molecule has 0 heterocycles. The van der Waals surface area contributed by atoms with Crippen LogP contribution in [-0.2, 0) is 19.5 Å². The zero-order chi connectivity index (χ0) is 15.7. The fourth-order valence-corrected chi connectivity index (χ4v) is 2.67. The molecule has 0 radical (unpaired) electrons. The summed E-state index contributed by atoms with van der Waals surface area (Å²) in [6, 6.07) is 3.79. The summed E-state index contributed by atoms with van der Waals surface area (Å²) < 4.78 is 36.5. The minimum atomic E-state index is -3.60. The number of phenolic OH excluding ortho intramolecular Hbond substituents is 1. The van der Waals surface area contributed by atoms with E-state index in [1.165, 1.54) is 18.2 Å². The van der Waals surface area contributed by atoms with E-state index in [0.29, 0.717) is 32.8 Å². The van der Waals surface area contributed by atoms with Crippen LogP contribution in [0.4, 0.5) is 5.69 Å². The van der Waals surface area contributed by atoms with Gasteiger partial charge in [0.05, 0.1) is 23.8 Å². The number of nitrogen functional groups attached to an aromatic ring is 1. The van der Waals surface area contributed by atoms with Gasteiger partial charge in [-0.15, -0.1) is 0 Å². The molecule has 0 aliphatic heterocycles. The van der Waals surface area contributed by atoms with Crippen LogP contribution in [0, 0.1) is 0 Å². The van der Waals surface area contributed by atoms with Gasteiger partial charge in [0.2, 0.25) is 10.0 Å². The van der Waals surface area contributed by atoms with Crippen LogP contribution in [0.15, 0.2) is 23.1 Å². The fraction of sp³-hybridized carbons (Fsp3) is 0.538. The van der Waals surface area contributed by atoms with E-state index in [1.54, 1.807) is 7.11 Å². The van der Waals surface area contributed by atoms with Crippen molar-refractivity contribution in [1.82, 2.24) is 4.72 Å². The molecule has 1 aromatic rings. The smallest absolute Gasteiger partial charge is 0.240 e. The van der Waals surface area contributed by atoms with Crippen molar-refractivity contribution in [1.29, 1.82) is 0 Å². The minimum Gasteiger partial charge on any atom is -0.506 e. The average molecular weight is 318 g/mol. The van der Waals surface area contributed by atoms with Crippen molar-refractivity contribution in [2.45, 2.75) is 17.7 Å². The Morgan fingerprint density at radius 1 is 1.24 bits per heavy atom. The largest absolute Gasteiger partial charge is 0.506 e. The van der Waals surface area contributed by atoms with Crippen LogP contribution in [0.25, 0.3) is 0 Å². The van der Waals surface area contributed by atoms with Crippen molar-refractivity contribution < 1.29 is 23.0 Å². The van der Waals surface area contributed by atoms with Crippen LogP contribution in [0.5, 0.6) is 5.75 Å². The van der Waals surface area contributed by atoms with E-state index in [2.05, 4.69) is 4.72 Å². The Labute approximate surface area is 125 Å². The molecular formula is C13H22N2O5S. The quantitative estimate of drug-likeness (QED) is 0.333. The lowest BCUT2D eigenvalue weighted by atomic mass is 10.3. The number of aromatic hydroxyl groups is 1. The van der Waals surface area contributed by atoms with Gasteiger partial charge >= 0.3 is 0 Å². The van der Waals surface area contributed by atoms with Gasteiger partial charge in [0.1, 0.15) is 5.75 Å². The molecule has 0 bridgehead atoms. The standard InChI is InChI=1S/C13H22N2O5S/c1-19-8-9-20-7-3-2-6-15-21(17,18)11-4-5-13(16)12(14)10-11/h4-5,10,15-16H,2-3,6-9,14H2,1H3. The Hall–Kier alpha value is -1.35. The number of benzene rings is 1. The van der Waals surface area contributed by atoms with E-state index in [1.807, 2.05) is 0 Å². The summed E-state index contributed by atoms with van der Waals surface area (Å²) in [4.78, 5) is 0.0362. The monoisotopic (exact) mass is 318 g/mol. The Morgan fingerprint density at radius 3 is 2.67 bits per heavy atom. The number of sulfonamides is 1. The first-order valence-electron chi connectivity index (χ1n) is 6.62. The molecule has 0 saturated carbocycles. The molecule has 7 nitrogen and oxygen atoms in total. The van der Waals surface area contributed by atoms with Crippen LogP contribution in [0.2, 0.25) is 0 Å². The molecule has 4 N–H and O–H groups in total. The van der Waals surface area contributed by atoms with Gasteiger partial charge in [-0.1, -0.05) is 0 Å². The predicted octanol–water partition coefficient (Wildman–Crippen LogP) is 0.696. The molecule has 0 aliphatic carbocycles.